The molecule has 2 N–H and O–H groups in total. The van der Waals surface area contributed by atoms with Gasteiger partial charge in [-0.1, -0.05) is 18.2 Å². The third kappa shape index (κ3) is 5.03. The van der Waals surface area contributed by atoms with Crippen molar-refractivity contribution in [1.29, 1.82) is 0 Å². The first kappa shape index (κ1) is 19.3. The normalized spacial score (nSPS) is 19.4. The Balaban J connectivity index is 1.53. The third-order valence-electron chi connectivity index (χ3n) is 4.14. The quantitative estimate of drug-likeness (QED) is 0.820. The lowest BCUT2D eigenvalue weighted by molar-refractivity contribution is -0.128. The number of nitrogens with one attached hydrogen (secondary N) is 2. The molecule has 0 aliphatic carbocycles. The van der Waals surface area contributed by atoms with Crippen molar-refractivity contribution < 1.29 is 22.8 Å². The van der Waals surface area contributed by atoms with E-state index in [4.69, 9.17) is 0 Å². The minimum atomic E-state index is -0.752. The number of benzene rings is 2. The molecule has 1 saturated heterocycles. The van der Waals surface area contributed by atoms with E-state index in [1.165, 1.54) is 17.8 Å². The Labute approximate surface area is 158 Å². The molecule has 1 heterocycles. The summed E-state index contributed by atoms with van der Waals surface area (Å²) in [4.78, 5) is 24.5. The minimum Gasteiger partial charge on any atom is -0.350 e. The minimum absolute atomic E-state index is 0.0524. The van der Waals surface area contributed by atoms with Gasteiger partial charge < -0.3 is 10.6 Å². The zero-order valence-electron chi connectivity index (χ0n) is 14.2. The second-order valence-corrected chi connectivity index (χ2v) is 7.41. The van der Waals surface area contributed by atoms with E-state index in [-0.39, 0.29) is 30.3 Å². The summed E-state index contributed by atoms with van der Waals surface area (Å²) in [5.74, 6) is -2.27. The fourth-order valence-corrected chi connectivity index (χ4v) is 3.95. The number of halogens is 3. The highest BCUT2D eigenvalue weighted by Crippen LogP contribution is 2.23. The maximum atomic E-state index is 13.7. The van der Waals surface area contributed by atoms with Gasteiger partial charge in [0.25, 0.3) is 0 Å². The van der Waals surface area contributed by atoms with Crippen LogP contribution >= 0.6 is 11.8 Å². The summed E-state index contributed by atoms with van der Waals surface area (Å²) >= 11 is 1.28. The molecule has 3 rings (SSSR count). The number of carbonyl (C=O) groups excluding carboxylic acids is 2. The van der Waals surface area contributed by atoms with Crippen molar-refractivity contribution in [2.45, 2.75) is 24.3 Å². The van der Waals surface area contributed by atoms with Gasteiger partial charge in [-0.25, -0.2) is 13.2 Å². The topological polar surface area (TPSA) is 58.2 Å². The van der Waals surface area contributed by atoms with Crippen LogP contribution in [0.3, 0.4) is 0 Å². The van der Waals surface area contributed by atoms with Crippen molar-refractivity contribution in [3.63, 3.8) is 0 Å². The van der Waals surface area contributed by atoms with Crippen LogP contribution in [0.4, 0.5) is 13.2 Å². The number of hydrogen-bond donors (Lipinski definition) is 2. The number of hydrogen-bond acceptors (Lipinski definition) is 3. The van der Waals surface area contributed by atoms with Crippen molar-refractivity contribution >= 4 is 23.6 Å². The van der Waals surface area contributed by atoms with Gasteiger partial charge in [0.15, 0.2) is 0 Å². The predicted molar refractivity (Wildman–Crippen MR) is 96.5 cm³/mol. The molecule has 4 nitrogen and oxygen atoms in total. The van der Waals surface area contributed by atoms with Crippen molar-refractivity contribution in [2.75, 3.05) is 5.75 Å². The molecule has 2 aromatic rings. The first-order valence-electron chi connectivity index (χ1n) is 8.30. The molecule has 0 spiro atoms. The van der Waals surface area contributed by atoms with Crippen molar-refractivity contribution in [1.82, 2.24) is 10.6 Å². The van der Waals surface area contributed by atoms with E-state index < -0.39 is 28.8 Å². The second kappa shape index (κ2) is 8.47. The molecule has 0 bridgehead atoms. The number of amides is 2. The van der Waals surface area contributed by atoms with Crippen LogP contribution in [-0.4, -0.2) is 28.9 Å². The molecule has 2 unspecified atom stereocenters. The molecule has 1 aliphatic rings. The molecule has 2 amide bonds. The molecular formula is C19H17F3N2O2S. The largest absolute Gasteiger partial charge is 0.350 e. The molecule has 27 heavy (non-hydrogen) atoms. The van der Waals surface area contributed by atoms with Gasteiger partial charge in [0, 0.05) is 18.4 Å². The Kier molecular flexibility index (Phi) is 6.05. The molecule has 1 fully saturated rings. The van der Waals surface area contributed by atoms with Crippen LogP contribution in [0, 0.1) is 17.5 Å². The smallest absolute Gasteiger partial charge is 0.243 e. The summed E-state index contributed by atoms with van der Waals surface area (Å²) in [5, 5.41) is 4.70. The summed E-state index contributed by atoms with van der Waals surface area (Å²) < 4.78 is 40.1. The fourth-order valence-electron chi connectivity index (χ4n) is 2.78. The Morgan fingerprint density at radius 1 is 1.15 bits per heavy atom. The molecule has 1 aliphatic heterocycles. The number of thioether (sulfide) groups is 1. The SMILES string of the molecule is O=C(NCc1cc(F)cc(F)c1)C1CSC(Cc2ccccc2F)C(=O)N1. The summed E-state index contributed by atoms with van der Waals surface area (Å²) in [7, 11) is 0. The molecule has 2 aromatic carbocycles. The highest BCUT2D eigenvalue weighted by Gasteiger charge is 2.32. The van der Waals surface area contributed by atoms with E-state index in [1.54, 1.807) is 18.2 Å². The van der Waals surface area contributed by atoms with Crippen molar-refractivity contribution in [3.05, 3.63) is 71.0 Å². The zero-order valence-corrected chi connectivity index (χ0v) is 15.0. The molecular weight excluding hydrogens is 377 g/mol. The van der Waals surface area contributed by atoms with Gasteiger partial charge in [-0.2, -0.15) is 0 Å². The van der Waals surface area contributed by atoms with Crippen LogP contribution < -0.4 is 10.6 Å². The average molecular weight is 394 g/mol. The first-order chi connectivity index (χ1) is 12.9. The Bertz CT molecular complexity index is 842. The van der Waals surface area contributed by atoms with Gasteiger partial charge >= 0.3 is 0 Å². The van der Waals surface area contributed by atoms with Crippen LogP contribution in [0.5, 0.6) is 0 Å². The molecule has 8 heteroatoms. The number of rotatable bonds is 5. The van der Waals surface area contributed by atoms with Crippen LogP contribution in [0.25, 0.3) is 0 Å². The van der Waals surface area contributed by atoms with Crippen LogP contribution in [0.1, 0.15) is 11.1 Å². The standard InChI is InChI=1S/C19H17F3N2O2S/c20-13-5-11(6-14(21)8-13)9-23-18(25)16-10-27-17(19(26)24-16)7-12-3-1-2-4-15(12)22/h1-6,8,16-17H,7,9-10H2,(H,23,25)(H,24,26). The maximum Gasteiger partial charge on any atom is 0.243 e. The molecule has 0 radical (unpaired) electrons. The number of carbonyl (C=O) groups is 2. The fraction of sp³-hybridized carbons (Fsp3) is 0.263. The lowest BCUT2D eigenvalue weighted by atomic mass is 10.1. The summed E-state index contributed by atoms with van der Waals surface area (Å²) in [6.45, 7) is -0.0524. The van der Waals surface area contributed by atoms with E-state index in [0.717, 1.165) is 18.2 Å². The van der Waals surface area contributed by atoms with Crippen molar-refractivity contribution in [2.24, 2.45) is 0 Å². The van der Waals surface area contributed by atoms with Gasteiger partial charge in [-0.05, 0) is 35.7 Å². The van der Waals surface area contributed by atoms with E-state index in [0.29, 0.717) is 11.3 Å². The summed E-state index contributed by atoms with van der Waals surface area (Å²) in [5.41, 5.74) is 0.731. The molecule has 142 valence electrons. The lowest BCUT2D eigenvalue weighted by Gasteiger charge is -2.28. The van der Waals surface area contributed by atoms with Gasteiger partial charge in [0.05, 0.1) is 5.25 Å². The summed E-state index contributed by atoms with van der Waals surface area (Å²) in [6, 6.07) is 8.50. The Hall–Kier alpha value is -2.48. The van der Waals surface area contributed by atoms with Crippen LogP contribution in [0.2, 0.25) is 0 Å². The van der Waals surface area contributed by atoms with Gasteiger partial charge in [0.2, 0.25) is 11.8 Å². The third-order valence-corrected chi connectivity index (χ3v) is 5.45. The first-order valence-corrected chi connectivity index (χ1v) is 9.35. The van der Waals surface area contributed by atoms with Gasteiger partial charge in [0.1, 0.15) is 23.5 Å². The van der Waals surface area contributed by atoms with E-state index in [9.17, 15) is 22.8 Å². The lowest BCUT2D eigenvalue weighted by Crippen LogP contribution is -2.54. The Morgan fingerprint density at radius 2 is 1.85 bits per heavy atom. The monoisotopic (exact) mass is 394 g/mol. The molecule has 0 saturated carbocycles. The predicted octanol–water partition coefficient (Wildman–Crippen LogP) is 2.56. The van der Waals surface area contributed by atoms with Crippen LogP contribution in [-0.2, 0) is 22.6 Å². The van der Waals surface area contributed by atoms with E-state index in [1.807, 2.05) is 0 Å². The van der Waals surface area contributed by atoms with Gasteiger partial charge in [-0.3, -0.25) is 9.59 Å². The van der Waals surface area contributed by atoms with Crippen molar-refractivity contribution in [3.8, 4) is 0 Å². The Morgan fingerprint density at radius 3 is 2.52 bits per heavy atom. The summed E-state index contributed by atoms with van der Waals surface area (Å²) in [6.07, 6.45) is 0.236. The van der Waals surface area contributed by atoms with E-state index in [2.05, 4.69) is 10.6 Å². The van der Waals surface area contributed by atoms with E-state index >= 15 is 0 Å². The van der Waals surface area contributed by atoms with Gasteiger partial charge in [-0.15, -0.1) is 11.8 Å². The zero-order chi connectivity index (χ0) is 19.4. The highest BCUT2D eigenvalue weighted by molar-refractivity contribution is 8.00. The maximum absolute atomic E-state index is 13.7. The van der Waals surface area contributed by atoms with Crippen LogP contribution in [0.15, 0.2) is 42.5 Å². The highest BCUT2D eigenvalue weighted by atomic mass is 32.2. The average Bonchev–Trinajstić information content (AvgIpc) is 2.62. The molecule has 0 aromatic heterocycles. The second-order valence-electron chi connectivity index (χ2n) is 6.17. The molecule has 2 atom stereocenters.